The van der Waals surface area contributed by atoms with Gasteiger partial charge in [0.1, 0.15) is 0 Å². The van der Waals surface area contributed by atoms with Crippen LogP contribution in [0.4, 0.5) is 0 Å². The van der Waals surface area contributed by atoms with E-state index in [0.29, 0.717) is 17.5 Å². The number of fused-ring (bicyclic) bond motifs is 4. The van der Waals surface area contributed by atoms with Gasteiger partial charge in [0.25, 0.3) is 0 Å². The predicted molar refractivity (Wildman–Crippen MR) is 221 cm³/mol. The Labute approximate surface area is 318 Å². The SMILES string of the molecule is Cn1c(=O)n(C)c2c(-c3cccc(-c4nc(-c5ccccc5)nc(-c5cccc6c5-c5ccccc5C6(c5ccccc5)c5ccccc5)n4)c3)cccc21. The van der Waals surface area contributed by atoms with Crippen molar-refractivity contribution in [3.8, 4) is 56.4 Å². The third kappa shape index (κ3) is 4.95. The van der Waals surface area contributed by atoms with Crippen molar-refractivity contribution < 1.29 is 0 Å². The zero-order valence-corrected chi connectivity index (χ0v) is 30.4. The molecule has 6 heteroatoms. The minimum atomic E-state index is -0.546. The highest BCUT2D eigenvalue weighted by molar-refractivity contribution is 5.95. The molecule has 9 aromatic rings. The lowest BCUT2D eigenvalue weighted by atomic mass is 9.67. The first-order chi connectivity index (χ1) is 27.0. The van der Waals surface area contributed by atoms with Gasteiger partial charge < -0.3 is 0 Å². The fourth-order valence-electron chi connectivity index (χ4n) is 8.66. The monoisotopic (exact) mass is 709 g/mol. The Kier molecular flexibility index (Phi) is 7.52. The van der Waals surface area contributed by atoms with Crippen molar-refractivity contribution in [1.82, 2.24) is 24.1 Å². The molecule has 0 atom stereocenters. The molecule has 55 heavy (non-hydrogen) atoms. The highest BCUT2D eigenvalue weighted by Crippen LogP contribution is 2.58. The summed E-state index contributed by atoms with van der Waals surface area (Å²) < 4.78 is 3.40. The van der Waals surface area contributed by atoms with E-state index in [4.69, 9.17) is 15.0 Å². The van der Waals surface area contributed by atoms with E-state index in [2.05, 4.69) is 121 Å². The Hall–Kier alpha value is -7.18. The molecule has 0 unspecified atom stereocenters. The smallest absolute Gasteiger partial charge is 0.295 e. The van der Waals surface area contributed by atoms with E-state index in [9.17, 15) is 4.79 Å². The molecule has 0 amide bonds. The first kappa shape index (κ1) is 32.5. The van der Waals surface area contributed by atoms with E-state index in [1.807, 2.05) is 68.7 Å². The summed E-state index contributed by atoms with van der Waals surface area (Å²) in [6.07, 6.45) is 0. The van der Waals surface area contributed by atoms with Crippen LogP contribution in [0.1, 0.15) is 22.3 Å². The van der Waals surface area contributed by atoms with Crippen LogP contribution in [0.3, 0.4) is 0 Å². The summed E-state index contributed by atoms with van der Waals surface area (Å²) in [6, 6.07) is 61.3. The minimum Gasteiger partial charge on any atom is -0.295 e. The lowest BCUT2D eigenvalue weighted by Gasteiger charge is -2.33. The van der Waals surface area contributed by atoms with Crippen LogP contribution < -0.4 is 5.69 Å². The number of aromatic nitrogens is 5. The topological polar surface area (TPSA) is 65.6 Å². The number of imidazole rings is 1. The molecule has 0 radical (unpaired) electrons. The van der Waals surface area contributed by atoms with Crippen LogP contribution >= 0.6 is 0 Å². The first-order valence-corrected chi connectivity index (χ1v) is 18.5. The van der Waals surface area contributed by atoms with Crippen LogP contribution in [-0.4, -0.2) is 24.1 Å². The van der Waals surface area contributed by atoms with Gasteiger partial charge in [-0.15, -0.1) is 0 Å². The number of rotatable bonds is 6. The molecule has 0 saturated heterocycles. The second kappa shape index (κ2) is 12.7. The van der Waals surface area contributed by atoms with Gasteiger partial charge in [0.05, 0.1) is 16.4 Å². The molecule has 262 valence electrons. The van der Waals surface area contributed by atoms with Gasteiger partial charge in [-0.2, -0.15) is 0 Å². The largest absolute Gasteiger partial charge is 0.328 e. The van der Waals surface area contributed by atoms with Gasteiger partial charge in [-0.05, 0) is 51.1 Å². The zero-order chi connectivity index (χ0) is 37.1. The van der Waals surface area contributed by atoms with Crippen LogP contribution in [0.5, 0.6) is 0 Å². The molecule has 2 heterocycles. The predicted octanol–water partition coefficient (Wildman–Crippen LogP) is 10.1. The van der Waals surface area contributed by atoms with Crippen LogP contribution in [0, 0.1) is 0 Å². The van der Waals surface area contributed by atoms with Crippen molar-refractivity contribution in [3.63, 3.8) is 0 Å². The fourth-order valence-corrected chi connectivity index (χ4v) is 8.66. The first-order valence-electron chi connectivity index (χ1n) is 18.5. The van der Waals surface area contributed by atoms with Crippen molar-refractivity contribution in [2.75, 3.05) is 0 Å². The quantitative estimate of drug-likeness (QED) is 0.172. The van der Waals surface area contributed by atoms with Gasteiger partial charge in [-0.1, -0.05) is 164 Å². The average molecular weight is 710 g/mol. The van der Waals surface area contributed by atoms with E-state index < -0.39 is 5.41 Å². The second-order valence-corrected chi connectivity index (χ2v) is 14.1. The van der Waals surface area contributed by atoms with E-state index in [1.165, 1.54) is 22.3 Å². The molecule has 0 saturated carbocycles. The Morgan fingerprint density at radius 2 is 0.945 bits per heavy atom. The third-order valence-electron chi connectivity index (χ3n) is 11.1. The Bertz CT molecular complexity index is 2930. The van der Waals surface area contributed by atoms with Crippen molar-refractivity contribution in [1.29, 1.82) is 0 Å². The van der Waals surface area contributed by atoms with E-state index in [0.717, 1.165) is 50.0 Å². The number of benzene rings is 7. The molecule has 7 aromatic carbocycles. The van der Waals surface area contributed by atoms with Crippen molar-refractivity contribution in [2.45, 2.75) is 5.41 Å². The lowest BCUT2D eigenvalue weighted by Crippen LogP contribution is -2.28. The van der Waals surface area contributed by atoms with Gasteiger partial charge in [0.2, 0.25) is 0 Å². The van der Waals surface area contributed by atoms with E-state index >= 15 is 0 Å². The lowest BCUT2D eigenvalue weighted by molar-refractivity contribution is 0.768. The zero-order valence-electron chi connectivity index (χ0n) is 30.4. The fraction of sp³-hybridized carbons (Fsp3) is 0.0612. The number of aryl methyl sites for hydroxylation is 2. The van der Waals surface area contributed by atoms with Crippen LogP contribution in [0.15, 0.2) is 181 Å². The summed E-state index contributed by atoms with van der Waals surface area (Å²) in [5.41, 5.74) is 12.9. The number of hydrogen-bond acceptors (Lipinski definition) is 4. The Morgan fingerprint density at radius 1 is 0.436 bits per heavy atom. The van der Waals surface area contributed by atoms with E-state index in [-0.39, 0.29) is 5.69 Å². The highest BCUT2D eigenvalue weighted by Gasteiger charge is 2.47. The maximum atomic E-state index is 13.0. The molecule has 10 rings (SSSR count). The summed E-state index contributed by atoms with van der Waals surface area (Å²) in [6.45, 7) is 0. The molecule has 0 aliphatic heterocycles. The molecule has 0 fully saturated rings. The Balaban J connectivity index is 1.22. The summed E-state index contributed by atoms with van der Waals surface area (Å²) in [5.74, 6) is 1.77. The van der Waals surface area contributed by atoms with Crippen molar-refractivity contribution in [2.24, 2.45) is 14.1 Å². The van der Waals surface area contributed by atoms with Gasteiger partial charge >= 0.3 is 5.69 Å². The summed E-state index contributed by atoms with van der Waals surface area (Å²) in [4.78, 5) is 28.6. The molecule has 6 nitrogen and oxygen atoms in total. The van der Waals surface area contributed by atoms with Gasteiger partial charge in [0.15, 0.2) is 17.5 Å². The number of nitrogens with zero attached hydrogens (tertiary/aromatic N) is 5. The molecule has 0 spiro atoms. The van der Waals surface area contributed by atoms with Crippen molar-refractivity contribution >= 4 is 11.0 Å². The standard InChI is InChI=1S/C49H35N5O/c1-53-42-30-16-26-37(44(42)54(2)48(53)55)33-19-14-20-34(31-33)46-50-45(32-17-6-3-7-18-32)51-47(52-46)39-27-15-29-41-43(39)38-25-12-13-28-40(38)49(41,35-21-8-4-9-22-35)36-23-10-5-11-24-36/h3-31H,1-2H3. The minimum absolute atomic E-state index is 0.0614. The number of para-hydroxylation sites is 1. The molecule has 0 bridgehead atoms. The van der Waals surface area contributed by atoms with Crippen LogP contribution in [-0.2, 0) is 19.5 Å². The molecular weight excluding hydrogens is 675 g/mol. The second-order valence-electron chi connectivity index (χ2n) is 14.1. The van der Waals surface area contributed by atoms with Gasteiger partial charge in [-0.25, -0.2) is 19.7 Å². The highest BCUT2D eigenvalue weighted by atomic mass is 16.1. The molecule has 0 N–H and O–H groups in total. The maximum Gasteiger partial charge on any atom is 0.328 e. The van der Waals surface area contributed by atoms with Crippen LogP contribution in [0.25, 0.3) is 67.5 Å². The van der Waals surface area contributed by atoms with E-state index in [1.54, 1.807) is 9.13 Å². The maximum absolute atomic E-state index is 13.0. The average Bonchev–Trinajstić information content (AvgIpc) is 3.69. The Morgan fingerprint density at radius 3 is 1.67 bits per heavy atom. The van der Waals surface area contributed by atoms with Crippen LogP contribution in [0.2, 0.25) is 0 Å². The summed E-state index contributed by atoms with van der Waals surface area (Å²) in [7, 11) is 3.63. The van der Waals surface area contributed by atoms with Crippen molar-refractivity contribution in [3.05, 3.63) is 209 Å². The molecule has 1 aliphatic carbocycles. The third-order valence-corrected chi connectivity index (χ3v) is 11.1. The molecule has 1 aliphatic rings. The number of hydrogen-bond donors (Lipinski definition) is 0. The summed E-state index contributed by atoms with van der Waals surface area (Å²) in [5, 5.41) is 0. The molecule has 2 aromatic heterocycles. The van der Waals surface area contributed by atoms with Gasteiger partial charge in [0, 0.05) is 36.3 Å². The normalized spacial score (nSPS) is 12.8. The van der Waals surface area contributed by atoms with Gasteiger partial charge in [-0.3, -0.25) is 9.13 Å². The molecular formula is C49H35N5O. The summed E-state index contributed by atoms with van der Waals surface area (Å²) >= 11 is 0.